The van der Waals surface area contributed by atoms with E-state index >= 15 is 0 Å². The second-order valence-electron chi connectivity index (χ2n) is 8.21. The number of halogens is 1. The molecule has 3 rings (SSSR count). The molecule has 2 aromatic rings. The van der Waals surface area contributed by atoms with Gasteiger partial charge in [-0.3, -0.25) is 14.4 Å². The van der Waals surface area contributed by atoms with E-state index in [1.54, 1.807) is 43.4 Å². The van der Waals surface area contributed by atoms with Gasteiger partial charge >= 0.3 is 0 Å². The van der Waals surface area contributed by atoms with Crippen LogP contribution >= 0.6 is 0 Å². The summed E-state index contributed by atoms with van der Waals surface area (Å²) in [5, 5.41) is 2.76. The summed E-state index contributed by atoms with van der Waals surface area (Å²) in [5.74, 6) is -1.31. The van der Waals surface area contributed by atoms with Crippen LogP contribution in [0.5, 0.6) is 0 Å². The molecule has 0 spiro atoms. The molecule has 0 aliphatic carbocycles. The minimum absolute atomic E-state index is 0.233. The van der Waals surface area contributed by atoms with Gasteiger partial charge in [0.25, 0.3) is 17.6 Å². The largest absolute Gasteiger partial charge is 0.344 e. The molecule has 0 atom stereocenters. The number of piperidine rings is 1. The van der Waals surface area contributed by atoms with Gasteiger partial charge in [0, 0.05) is 31.5 Å². The maximum absolute atomic E-state index is 13.5. The quantitative estimate of drug-likeness (QED) is 0.612. The van der Waals surface area contributed by atoms with Gasteiger partial charge in [-0.1, -0.05) is 6.92 Å². The number of carbonyl (C=O) groups is 3. The van der Waals surface area contributed by atoms with Crippen LogP contribution in [-0.4, -0.2) is 40.2 Å². The van der Waals surface area contributed by atoms with E-state index < -0.39 is 17.6 Å². The van der Waals surface area contributed by atoms with Crippen molar-refractivity contribution in [1.29, 1.82) is 0 Å². The average Bonchev–Trinajstić information content (AvgIpc) is 2.93. The Morgan fingerprint density at radius 2 is 1.73 bits per heavy atom. The van der Waals surface area contributed by atoms with E-state index in [4.69, 9.17) is 0 Å². The average molecular weight is 413 g/mol. The van der Waals surface area contributed by atoms with Gasteiger partial charge in [-0.05, 0) is 68.9 Å². The number of nitrogens with zero attached hydrogens (tertiary/aromatic N) is 2. The lowest BCUT2D eigenvalue weighted by atomic mass is 9.98. The van der Waals surface area contributed by atoms with Gasteiger partial charge in [-0.2, -0.15) is 0 Å². The van der Waals surface area contributed by atoms with Gasteiger partial charge in [-0.15, -0.1) is 0 Å². The van der Waals surface area contributed by atoms with Crippen LogP contribution in [-0.2, 0) is 11.8 Å². The Balaban J connectivity index is 1.87. The minimum atomic E-state index is -0.593. The number of Topliss-reactive ketones (excluding diaryl/α,β-unsaturated/α-hetero) is 1. The fourth-order valence-corrected chi connectivity index (χ4v) is 4.01. The summed E-state index contributed by atoms with van der Waals surface area (Å²) in [7, 11) is 1.68. The topological polar surface area (TPSA) is 71.4 Å². The van der Waals surface area contributed by atoms with E-state index in [2.05, 4.69) is 12.2 Å². The summed E-state index contributed by atoms with van der Waals surface area (Å²) >= 11 is 0. The highest BCUT2D eigenvalue weighted by atomic mass is 19.1. The molecule has 1 saturated heterocycles. The molecule has 0 radical (unpaired) electrons. The van der Waals surface area contributed by atoms with Gasteiger partial charge in [0.05, 0.1) is 11.3 Å². The zero-order chi connectivity index (χ0) is 22.2. The Morgan fingerprint density at radius 3 is 2.33 bits per heavy atom. The Kier molecular flexibility index (Phi) is 6.10. The lowest BCUT2D eigenvalue weighted by Crippen LogP contribution is -2.42. The second kappa shape index (κ2) is 8.42. The maximum Gasteiger partial charge on any atom is 0.296 e. The summed E-state index contributed by atoms with van der Waals surface area (Å²) in [4.78, 5) is 40.3. The molecule has 0 bridgehead atoms. The second-order valence-corrected chi connectivity index (χ2v) is 8.21. The van der Waals surface area contributed by atoms with Crippen LogP contribution in [0.25, 0.3) is 0 Å². The number of nitrogens with one attached hydrogen (secondary N) is 1. The van der Waals surface area contributed by atoms with E-state index in [-0.39, 0.29) is 11.5 Å². The first-order valence-corrected chi connectivity index (χ1v) is 10.2. The summed E-state index contributed by atoms with van der Waals surface area (Å²) in [5.41, 5.74) is 2.53. The van der Waals surface area contributed by atoms with Crippen molar-refractivity contribution in [2.24, 2.45) is 13.0 Å². The molecule has 0 saturated carbocycles. The summed E-state index contributed by atoms with van der Waals surface area (Å²) in [6, 6.07) is 4.33. The monoisotopic (exact) mass is 413 g/mol. The Bertz CT molecular complexity index is 1020. The molecular weight excluding hydrogens is 385 g/mol. The summed E-state index contributed by atoms with van der Waals surface area (Å²) in [6.07, 6.45) is 1.77. The third-order valence-corrected chi connectivity index (χ3v) is 6.05. The van der Waals surface area contributed by atoms with Crippen molar-refractivity contribution in [3.63, 3.8) is 0 Å². The number of amides is 2. The zero-order valence-electron chi connectivity index (χ0n) is 18.1. The molecule has 1 aliphatic heterocycles. The van der Waals surface area contributed by atoms with Crippen LogP contribution in [0.15, 0.2) is 18.2 Å². The van der Waals surface area contributed by atoms with E-state index in [9.17, 15) is 18.8 Å². The van der Waals surface area contributed by atoms with E-state index in [0.29, 0.717) is 47.1 Å². The number of likely N-dealkylation sites (tertiary alicyclic amines) is 1. The fourth-order valence-electron chi connectivity index (χ4n) is 4.01. The van der Waals surface area contributed by atoms with Crippen molar-refractivity contribution in [2.75, 3.05) is 18.4 Å². The van der Waals surface area contributed by atoms with Gasteiger partial charge in [0.2, 0.25) is 0 Å². The molecule has 2 amide bonds. The molecular formula is C23H28FN3O3. The first kappa shape index (κ1) is 21.7. The number of ketones is 1. The predicted octanol–water partition coefficient (Wildman–Crippen LogP) is 3.78. The van der Waals surface area contributed by atoms with Crippen LogP contribution in [0.1, 0.15) is 57.4 Å². The predicted molar refractivity (Wildman–Crippen MR) is 113 cm³/mol. The zero-order valence-corrected chi connectivity index (χ0v) is 18.1. The molecule has 1 aromatic carbocycles. The number of carbonyl (C=O) groups excluding carboxylic acids is 3. The molecule has 1 aromatic heterocycles. The van der Waals surface area contributed by atoms with Crippen molar-refractivity contribution < 1.29 is 18.8 Å². The normalized spacial score (nSPS) is 14.7. The number of aromatic nitrogens is 1. The van der Waals surface area contributed by atoms with Crippen LogP contribution < -0.4 is 5.32 Å². The van der Waals surface area contributed by atoms with Crippen molar-refractivity contribution in [3.8, 4) is 0 Å². The van der Waals surface area contributed by atoms with Crippen molar-refractivity contribution in [2.45, 2.75) is 40.5 Å². The lowest BCUT2D eigenvalue weighted by molar-refractivity contribution is -0.127. The van der Waals surface area contributed by atoms with Crippen LogP contribution in [0.4, 0.5) is 10.1 Å². The van der Waals surface area contributed by atoms with E-state index in [0.717, 1.165) is 12.8 Å². The molecule has 2 heterocycles. The smallest absolute Gasteiger partial charge is 0.296 e. The van der Waals surface area contributed by atoms with Crippen molar-refractivity contribution >= 4 is 23.3 Å². The highest BCUT2D eigenvalue weighted by Gasteiger charge is 2.32. The fraction of sp³-hybridized carbons (Fsp3) is 0.435. The SMILES string of the molecule is Cc1cc(NC(=O)c2c(C)c(C(=O)C(=O)N3CCC(C)CC3)n(C)c2C)ccc1F. The van der Waals surface area contributed by atoms with Crippen LogP contribution in [0.2, 0.25) is 0 Å². The highest BCUT2D eigenvalue weighted by Crippen LogP contribution is 2.25. The molecule has 160 valence electrons. The standard InChI is InChI=1S/C23H28FN3O3/c1-13-8-10-27(11-9-13)23(30)21(28)20-15(3)19(16(4)26(20)5)22(29)25-17-6-7-18(24)14(2)12-17/h6-7,12-13H,8-11H2,1-5H3,(H,25,29). The molecule has 1 N–H and O–H groups in total. The summed E-state index contributed by atoms with van der Waals surface area (Å²) in [6.45, 7) is 8.32. The highest BCUT2D eigenvalue weighted by molar-refractivity contribution is 6.43. The molecule has 6 nitrogen and oxygen atoms in total. The van der Waals surface area contributed by atoms with E-state index in [1.807, 2.05) is 0 Å². The number of hydrogen-bond acceptors (Lipinski definition) is 3. The molecule has 7 heteroatoms. The third kappa shape index (κ3) is 4.01. The van der Waals surface area contributed by atoms with Crippen molar-refractivity contribution in [1.82, 2.24) is 9.47 Å². The van der Waals surface area contributed by atoms with Crippen LogP contribution in [0.3, 0.4) is 0 Å². The van der Waals surface area contributed by atoms with Gasteiger partial charge in [-0.25, -0.2) is 4.39 Å². The van der Waals surface area contributed by atoms with Gasteiger partial charge < -0.3 is 14.8 Å². The van der Waals surface area contributed by atoms with Gasteiger partial charge in [0.1, 0.15) is 5.82 Å². The van der Waals surface area contributed by atoms with Crippen LogP contribution in [0, 0.1) is 32.5 Å². The lowest BCUT2D eigenvalue weighted by Gasteiger charge is -2.29. The maximum atomic E-state index is 13.5. The number of hydrogen-bond donors (Lipinski definition) is 1. The first-order valence-electron chi connectivity index (χ1n) is 10.2. The molecule has 0 unspecified atom stereocenters. The van der Waals surface area contributed by atoms with Gasteiger partial charge in [0.15, 0.2) is 0 Å². The first-order chi connectivity index (χ1) is 14.1. The molecule has 30 heavy (non-hydrogen) atoms. The number of rotatable bonds is 4. The van der Waals surface area contributed by atoms with E-state index in [1.165, 1.54) is 12.1 Å². The Morgan fingerprint density at radius 1 is 1.10 bits per heavy atom. The third-order valence-electron chi connectivity index (χ3n) is 6.05. The summed E-state index contributed by atoms with van der Waals surface area (Å²) < 4.78 is 15.1. The Hall–Kier alpha value is -2.96. The molecule has 1 aliphatic rings. The minimum Gasteiger partial charge on any atom is -0.344 e. The Labute approximate surface area is 176 Å². The number of anilines is 1. The molecule has 1 fully saturated rings. The van der Waals surface area contributed by atoms with Crippen molar-refractivity contribution in [3.05, 3.63) is 52.1 Å². The number of aryl methyl sites for hydroxylation is 1. The number of benzene rings is 1.